The quantitative estimate of drug-likeness (QED) is 0.676. The van der Waals surface area contributed by atoms with Gasteiger partial charge in [-0.1, -0.05) is 12.1 Å². The molecule has 6 nitrogen and oxygen atoms in total. The van der Waals surface area contributed by atoms with Crippen LogP contribution in [-0.4, -0.2) is 41.2 Å². The minimum atomic E-state index is -4.74. The van der Waals surface area contributed by atoms with Crippen LogP contribution in [0.15, 0.2) is 36.5 Å². The van der Waals surface area contributed by atoms with Crippen LogP contribution in [-0.2, 0) is 11.8 Å². The molecule has 0 saturated heterocycles. The number of halogens is 3. The number of nitrogens with zero attached hydrogens (tertiary/aromatic N) is 3. The second kappa shape index (κ2) is 7.20. The highest BCUT2D eigenvalue weighted by atomic mass is 19.4. The lowest BCUT2D eigenvalue weighted by Crippen LogP contribution is -2.17. The van der Waals surface area contributed by atoms with Crippen LogP contribution in [0, 0.1) is 0 Å². The lowest BCUT2D eigenvalue weighted by molar-refractivity contribution is -0.274. The van der Waals surface area contributed by atoms with Gasteiger partial charge in [-0.3, -0.25) is 4.98 Å². The van der Waals surface area contributed by atoms with Crippen LogP contribution >= 0.6 is 0 Å². The van der Waals surface area contributed by atoms with Crippen LogP contribution in [0.25, 0.3) is 22.3 Å². The molecule has 0 unspecified atom stereocenters. The molecule has 0 saturated carbocycles. The standard InChI is InChI=1S/C17H17F3N4O2/c1-24-15-9-13(11-4-3-5-12(8-11)26-17(18,19)20)22-10-14(15)23-16(24)21-6-7-25-2/h3-5,8-10H,6-7H2,1-2H3,(H,21,23). The molecule has 0 amide bonds. The van der Waals surface area contributed by atoms with Gasteiger partial charge in [-0.25, -0.2) is 4.98 Å². The number of hydrogen-bond acceptors (Lipinski definition) is 5. The Hall–Kier alpha value is -2.81. The number of imidazole rings is 1. The molecule has 0 radical (unpaired) electrons. The molecule has 3 rings (SSSR count). The van der Waals surface area contributed by atoms with E-state index in [0.717, 1.165) is 5.52 Å². The average molecular weight is 366 g/mol. The van der Waals surface area contributed by atoms with E-state index < -0.39 is 6.36 Å². The molecular formula is C17H17F3N4O2. The molecule has 2 heterocycles. The first-order valence-corrected chi connectivity index (χ1v) is 7.79. The fourth-order valence-electron chi connectivity index (χ4n) is 2.53. The molecule has 138 valence electrons. The van der Waals surface area contributed by atoms with Gasteiger partial charge in [0.1, 0.15) is 11.3 Å². The van der Waals surface area contributed by atoms with Gasteiger partial charge >= 0.3 is 6.36 Å². The Kier molecular flexibility index (Phi) is 4.99. The first kappa shape index (κ1) is 18.0. The molecule has 0 spiro atoms. The molecule has 2 aromatic heterocycles. The first-order chi connectivity index (χ1) is 12.4. The zero-order chi connectivity index (χ0) is 18.7. The van der Waals surface area contributed by atoms with Gasteiger partial charge < -0.3 is 19.4 Å². The molecule has 0 atom stereocenters. The lowest BCUT2D eigenvalue weighted by Gasteiger charge is -2.10. The number of fused-ring (bicyclic) bond motifs is 1. The molecule has 9 heteroatoms. The normalized spacial score (nSPS) is 11.7. The van der Waals surface area contributed by atoms with Crippen LogP contribution in [0.3, 0.4) is 0 Å². The Bertz CT molecular complexity index is 909. The van der Waals surface area contributed by atoms with Crippen molar-refractivity contribution < 1.29 is 22.6 Å². The molecule has 0 aliphatic heterocycles. The smallest absolute Gasteiger partial charge is 0.406 e. The molecular weight excluding hydrogens is 349 g/mol. The van der Waals surface area contributed by atoms with E-state index in [1.54, 1.807) is 25.4 Å². The second-order valence-electron chi connectivity index (χ2n) is 5.55. The zero-order valence-corrected chi connectivity index (χ0v) is 14.2. The third kappa shape index (κ3) is 4.05. The Morgan fingerprint density at radius 1 is 1.23 bits per heavy atom. The number of benzene rings is 1. The monoisotopic (exact) mass is 366 g/mol. The van der Waals surface area contributed by atoms with Crippen molar-refractivity contribution in [3.63, 3.8) is 0 Å². The summed E-state index contributed by atoms with van der Waals surface area (Å²) in [6, 6.07) is 7.48. The number of aryl methyl sites for hydroxylation is 1. The Balaban J connectivity index is 1.91. The molecule has 0 aliphatic carbocycles. The molecule has 3 aromatic rings. The van der Waals surface area contributed by atoms with E-state index in [1.807, 2.05) is 11.6 Å². The zero-order valence-electron chi connectivity index (χ0n) is 14.2. The second-order valence-corrected chi connectivity index (χ2v) is 5.55. The van der Waals surface area contributed by atoms with E-state index in [-0.39, 0.29) is 5.75 Å². The van der Waals surface area contributed by atoms with Crippen LogP contribution in [0.2, 0.25) is 0 Å². The van der Waals surface area contributed by atoms with Crippen LogP contribution in [0.4, 0.5) is 19.1 Å². The van der Waals surface area contributed by atoms with Crippen LogP contribution < -0.4 is 10.1 Å². The number of ether oxygens (including phenoxy) is 2. The van der Waals surface area contributed by atoms with Crippen molar-refractivity contribution in [3.8, 4) is 17.0 Å². The van der Waals surface area contributed by atoms with Crippen LogP contribution in [0.1, 0.15) is 0 Å². The maximum absolute atomic E-state index is 12.4. The number of hydrogen-bond donors (Lipinski definition) is 1. The summed E-state index contributed by atoms with van der Waals surface area (Å²) in [7, 11) is 3.46. The van der Waals surface area contributed by atoms with Gasteiger partial charge in [0.15, 0.2) is 0 Å². The third-order valence-electron chi connectivity index (χ3n) is 3.72. The molecule has 1 aromatic carbocycles. The highest BCUT2D eigenvalue weighted by Gasteiger charge is 2.31. The van der Waals surface area contributed by atoms with Gasteiger partial charge in [0.2, 0.25) is 5.95 Å². The topological polar surface area (TPSA) is 61.2 Å². The van der Waals surface area contributed by atoms with Gasteiger partial charge in [0.25, 0.3) is 0 Å². The average Bonchev–Trinajstić information content (AvgIpc) is 2.90. The van der Waals surface area contributed by atoms with E-state index in [0.29, 0.717) is 35.9 Å². The number of alkyl halides is 3. The number of rotatable bonds is 6. The number of pyridine rings is 1. The summed E-state index contributed by atoms with van der Waals surface area (Å²) in [4.78, 5) is 8.75. The Morgan fingerprint density at radius 3 is 2.77 bits per heavy atom. The van der Waals surface area contributed by atoms with E-state index in [1.165, 1.54) is 18.2 Å². The van der Waals surface area contributed by atoms with Gasteiger partial charge in [-0.2, -0.15) is 0 Å². The predicted molar refractivity (Wildman–Crippen MR) is 91.0 cm³/mol. The van der Waals surface area contributed by atoms with Gasteiger partial charge in [-0.05, 0) is 18.2 Å². The lowest BCUT2D eigenvalue weighted by atomic mass is 10.1. The SMILES string of the molecule is COCCNc1nc2cnc(-c3cccc(OC(F)(F)F)c3)cc2n1C. The molecule has 26 heavy (non-hydrogen) atoms. The third-order valence-corrected chi connectivity index (χ3v) is 3.72. The van der Waals surface area contributed by atoms with E-state index in [9.17, 15) is 13.2 Å². The van der Waals surface area contributed by atoms with Crippen molar-refractivity contribution >= 4 is 17.0 Å². The number of anilines is 1. The minimum Gasteiger partial charge on any atom is -0.406 e. The highest BCUT2D eigenvalue weighted by molar-refractivity contribution is 5.82. The fraction of sp³-hybridized carbons (Fsp3) is 0.294. The highest BCUT2D eigenvalue weighted by Crippen LogP contribution is 2.29. The van der Waals surface area contributed by atoms with E-state index >= 15 is 0 Å². The molecule has 0 fully saturated rings. The first-order valence-electron chi connectivity index (χ1n) is 7.79. The summed E-state index contributed by atoms with van der Waals surface area (Å²) >= 11 is 0. The summed E-state index contributed by atoms with van der Waals surface area (Å²) in [5.74, 6) is 0.369. The summed E-state index contributed by atoms with van der Waals surface area (Å²) < 4.78 is 48.0. The van der Waals surface area contributed by atoms with Gasteiger partial charge in [-0.15, -0.1) is 13.2 Å². The molecule has 0 aliphatic rings. The number of methoxy groups -OCH3 is 1. The van der Waals surface area contributed by atoms with E-state index in [2.05, 4.69) is 20.0 Å². The van der Waals surface area contributed by atoms with E-state index in [4.69, 9.17) is 4.74 Å². The minimum absolute atomic E-state index is 0.288. The van der Waals surface area contributed by atoms with Crippen molar-refractivity contribution in [2.75, 3.05) is 25.6 Å². The fourth-order valence-corrected chi connectivity index (χ4v) is 2.53. The summed E-state index contributed by atoms with van der Waals surface area (Å²) in [5.41, 5.74) is 2.52. The Morgan fingerprint density at radius 2 is 2.04 bits per heavy atom. The van der Waals surface area contributed by atoms with Crippen molar-refractivity contribution in [2.24, 2.45) is 7.05 Å². The summed E-state index contributed by atoms with van der Waals surface area (Å²) in [6.07, 6.45) is -3.15. The maximum Gasteiger partial charge on any atom is 0.573 e. The largest absolute Gasteiger partial charge is 0.573 e. The predicted octanol–water partition coefficient (Wildman–Crippen LogP) is 3.59. The molecule has 1 N–H and O–H groups in total. The maximum atomic E-state index is 12.4. The van der Waals surface area contributed by atoms with Gasteiger partial charge in [0, 0.05) is 26.3 Å². The van der Waals surface area contributed by atoms with Crippen molar-refractivity contribution in [2.45, 2.75) is 6.36 Å². The summed E-state index contributed by atoms with van der Waals surface area (Å²) in [5, 5.41) is 3.15. The van der Waals surface area contributed by atoms with Gasteiger partial charge in [0.05, 0.1) is 24.0 Å². The van der Waals surface area contributed by atoms with Crippen molar-refractivity contribution in [1.82, 2.24) is 14.5 Å². The van der Waals surface area contributed by atoms with Crippen molar-refractivity contribution in [3.05, 3.63) is 36.5 Å². The number of nitrogens with one attached hydrogen (secondary N) is 1. The summed E-state index contributed by atoms with van der Waals surface area (Å²) in [6.45, 7) is 1.14. The number of aromatic nitrogens is 3. The van der Waals surface area contributed by atoms with Crippen molar-refractivity contribution in [1.29, 1.82) is 0 Å². The Labute approximate surface area is 147 Å². The molecule has 0 bridgehead atoms. The van der Waals surface area contributed by atoms with Crippen LogP contribution in [0.5, 0.6) is 5.75 Å².